The molecule has 6 heteroatoms. The molecular formula is C24H25NO5. The van der Waals surface area contributed by atoms with Gasteiger partial charge in [0, 0.05) is 11.6 Å². The van der Waals surface area contributed by atoms with Crippen molar-refractivity contribution in [1.82, 2.24) is 4.90 Å². The van der Waals surface area contributed by atoms with Crippen molar-refractivity contribution in [3.05, 3.63) is 65.2 Å². The number of phenolic OH excluding ortho intramolecular Hbond substituents is 1. The van der Waals surface area contributed by atoms with E-state index in [4.69, 9.17) is 4.74 Å². The quantitative estimate of drug-likeness (QED) is 0.442. The van der Waals surface area contributed by atoms with E-state index in [2.05, 4.69) is 0 Å². The molecule has 2 fully saturated rings. The summed E-state index contributed by atoms with van der Waals surface area (Å²) in [5.41, 5.74) is 1.06. The van der Waals surface area contributed by atoms with Crippen molar-refractivity contribution in [2.24, 2.45) is 0 Å². The molecule has 6 nitrogen and oxygen atoms in total. The molecule has 0 spiro atoms. The summed E-state index contributed by atoms with van der Waals surface area (Å²) < 4.78 is 5.51. The van der Waals surface area contributed by atoms with Gasteiger partial charge in [-0.15, -0.1) is 0 Å². The molecule has 0 radical (unpaired) electrons. The van der Waals surface area contributed by atoms with Crippen molar-refractivity contribution in [3.63, 3.8) is 0 Å². The topological polar surface area (TPSA) is 87.1 Å². The van der Waals surface area contributed by atoms with Crippen molar-refractivity contribution < 1.29 is 24.5 Å². The lowest BCUT2D eigenvalue weighted by Gasteiger charge is -2.30. The van der Waals surface area contributed by atoms with Gasteiger partial charge in [-0.1, -0.05) is 37.1 Å². The van der Waals surface area contributed by atoms with Gasteiger partial charge in [-0.05, 0) is 49.6 Å². The Kier molecular flexibility index (Phi) is 5.48. The minimum atomic E-state index is -0.740. The van der Waals surface area contributed by atoms with E-state index in [1.165, 1.54) is 6.07 Å². The molecular weight excluding hydrogens is 382 g/mol. The molecule has 1 aliphatic carbocycles. The van der Waals surface area contributed by atoms with E-state index in [0.29, 0.717) is 23.5 Å². The molecule has 156 valence electrons. The average Bonchev–Trinajstić information content (AvgIpc) is 3.35. The van der Waals surface area contributed by atoms with Gasteiger partial charge in [0.1, 0.15) is 17.3 Å². The van der Waals surface area contributed by atoms with E-state index in [9.17, 15) is 19.8 Å². The number of rotatable bonds is 5. The van der Waals surface area contributed by atoms with E-state index in [1.54, 1.807) is 47.4 Å². The van der Waals surface area contributed by atoms with Crippen LogP contribution in [-0.4, -0.2) is 39.5 Å². The number of benzene rings is 2. The van der Waals surface area contributed by atoms with Gasteiger partial charge < -0.3 is 19.8 Å². The highest BCUT2D eigenvalue weighted by Crippen LogP contribution is 2.44. The smallest absolute Gasteiger partial charge is 0.295 e. The fraction of sp³-hybridized carbons (Fsp3) is 0.333. The van der Waals surface area contributed by atoms with Crippen LogP contribution in [0.15, 0.2) is 54.1 Å². The largest absolute Gasteiger partial charge is 0.508 e. The van der Waals surface area contributed by atoms with Crippen LogP contribution in [0.25, 0.3) is 5.76 Å². The summed E-state index contributed by atoms with van der Waals surface area (Å²) in [5.74, 6) is -0.917. The number of ketones is 1. The first kappa shape index (κ1) is 20.0. The number of likely N-dealkylation sites (tertiary alicyclic amines) is 1. The Hall–Kier alpha value is -3.28. The van der Waals surface area contributed by atoms with E-state index in [0.717, 1.165) is 25.7 Å². The van der Waals surface area contributed by atoms with Crippen LogP contribution >= 0.6 is 0 Å². The number of ether oxygens (including phenoxy) is 1. The monoisotopic (exact) mass is 407 g/mol. The SMILES string of the molecule is CCOc1cccc(/C(O)=C2/C(=O)C(=O)N(C3CCCC3)C2c2cccc(O)c2)c1. The Labute approximate surface area is 175 Å². The van der Waals surface area contributed by atoms with Crippen molar-refractivity contribution in [2.75, 3.05) is 6.61 Å². The van der Waals surface area contributed by atoms with Crippen molar-refractivity contribution >= 4 is 17.4 Å². The summed E-state index contributed by atoms with van der Waals surface area (Å²) in [6, 6.07) is 12.6. The number of aromatic hydroxyl groups is 1. The van der Waals surface area contributed by atoms with E-state index in [-0.39, 0.29) is 23.1 Å². The molecule has 30 heavy (non-hydrogen) atoms. The third kappa shape index (κ3) is 3.54. The van der Waals surface area contributed by atoms with Crippen molar-refractivity contribution in [2.45, 2.75) is 44.7 Å². The molecule has 1 aliphatic heterocycles. The average molecular weight is 407 g/mol. The second kappa shape index (κ2) is 8.22. The maximum absolute atomic E-state index is 13.1. The minimum Gasteiger partial charge on any atom is -0.508 e. The van der Waals surface area contributed by atoms with E-state index < -0.39 is 17.7 Å². The number of aliphatic hydroxyl groups is 1. The van der Waals surface area contributed by atoms with Gasteiger partial charge in [-0.25, -0.2) is 0 Å². The first-order chi connectivity index (χ1) is 14.5. The van der Waals surface area contributed by atoms with Crippen LogP contribution in [0.4, 0.5) is 0 Å². The van der Waals surface area contributed by atoms with Crippen LogP contribution in [0, 0.1) is 0 Å². The molecule has 1 saturated carbocycles. The summed E-state index contributed by atoms with van der Waals surface area (Å²) in [6.07, 6.45) is 3.64. The predicted octanol–water partition coefficient (Wildman–Crippen LogP) is 4.16. The van der Waals surface area contributed by atoms with Gasteiger partial charge >= 0.3 is 0 Å². The minimum absolute atomic E-state index is 0.0443. The van der Waals surface area contributed by atoms with Crippen LogP contribution < -0.4 is 4.74 Å². The molecule has 2 aromatic rings. The lowest BCUT2D eigenvalue weighted by Crippen LogP contribution is -2.37. The molecule has 4 rings (SSSR count). The van der Waals surface area contributed by atoms with Gasteiger partial charge in [-0.3, -0.25) is 9.59 Å². The highest BCUT2D eigenvalue weighted by Gasteiger charge is 2.49. The zero-order valence-corrected chi connectivity index (χ0v) is 16.9. The highest BCUT2D eigenvalue weighted by atomic mass is 16.5. The Morgan fingerprint density at radius 1 is 1.10 bits per heavy atom. The molecule has 1 unspecified atom stereocenters. The Bertz CT molecular complexity index is 1010. The molecule has 2 aliphatic rings. The summed E-state index contributed by atoms with van der Waals surface area (Å²) in [5, 5.41) is 21.1. The molecule has 2 N–H and O–H groups in total. The second-order valence-corrected chi connectivity index (χ2v) is 7.70. The summed E-state index contributed by atoms with van der Waals surface area (Å²) in [4.78, 5) is 27.7. The number of aliphatic hydroxyl groups excluding tert-OH is 1. The van der Waals surface area contributed by atoms with Gasteiger partial charge in [0.2, 0.25) is 0 Å². The summed E-state index contributed by atoms with van der Waals surface area (Å²) in [6.45, 7) is 2.33. The summed E-state index contributed by atoms with van der Waals surface area (Å²) in [7, 11) is 0. The van der Waals surface area contributed by atoms with Crippen molar-refractivity contribution in [1.29, 1.82) is 0 Å². The maximum Gasteiger partial charge on any atom is 0.295 e. The highest BCUT2D eigenvalue weighted by molar-refractivity contribution is 6.46. The zero-order chi connectivity index (χ0) is 21.3. The molecule has 0 bridgehead atoms. The maximum atomic E-state index is 13.1. The van der Waals surface area contributed by atoms with Crippen LogP contribution in [0.2, 0.25) is 0 Å². The van der Waals surface area contributed by atoms with Gasteiger partial charge in [0.25, 0.3) is 11.7 Å². The lowest BCUT2D eigenvalue weighted by atomic mass is 9.94. The first-order valence-electron chi connectivity index (χ1n) is 10.3. The van der Waals surface area contributed by atoms with Crippen LogP contribution in [0.5, 0.6) is 11.5 Å². The van der Waals surface area contributed by atoms with Crippen LogP contribution in [0.3, 0.4) is 0 Å². The van der Waals surface area contributed by atoms with Crippen LogP contribution in [0.1, 0.15) is 49.8 Å². The molecule has 1 atom stereocenters. The molecule has 1 heterocycles. The molecule has 0 aromatic heterocycles. The third-order valence-corrected chi connectivity index (χ3v) is 5.80. The van der Waals surface area contributed by atoms with Crippen LogP contribution in [-0.2, 0) is 9.59 Å². The molecule has 1 amide bonds. The van der Waals surface area contributed by atoms with Gasteiger partial charge in [0.15, 0.2) is 0 Å². The lowest BCUT2D eigenvalue weighted by molar-refractivity contribution is -0.141. The number of hydrogen-bond donors (Lipinski definition) is 2. The number of nitrogens with zero attached hydrogens (tertiary/aromatic N) is 1. The normalized spacial score (nSPS) is 21.4. The van der Waals surface area contributed by atoms with E-state index >= 15 is 0 Å². The number of hydrogen-bond acceptors (Lipinski definition) is 5. The Balaban J connectivity index is 1.87. The zero-order valence-electron chi connectivity index (χ0n) is 16.9. The number of Topliss-reactive ketones (excluding diaryl/α,β-unsaturated/α-hetero) is 1. The van der Waals surface area contributed by atoms with Gasteiger partial charge in [-0.2, -0.15) is 0 Å². The fourth-order valence-corrected chi connectivity index (χ4v) is 4.49. The number of amides is 1. The number of carbonyl (C=O) groups excluding carboxylic acids is 2. The fourth-order valence-electron chi connectivity index (χ4n) is 4.49. The Morgan fingerprint density at radius 2 is 1.83 bits per heavy atom. The molecule has 1 saturated heterocycles. The van der Waals surface area contributed by atoms with E-state index in [1.807, 2.05) is 6.92 Å². The standard InChI is InChI=1S/C24H25NO5/c1-2-30-19-12-6-8-16(14-19)22(27)20-21(15-7-5-11-18(26)13-15)25(24(29)23(20)28)17-9-3-4-10-17/h5-8,11-14,17,21,26-27H,2-4,9-10H2,1H3/b22-20-. The predicted molar refractivity (Wildman–Crippen MR) is 112 cm³/mol. The van der Waals surface area contributed by atoms with Gasteiger partial charge in [0.05, 0.1) is 18.2 Å². The third-order valence-electron chi connectivity index (χ3n) is 5.80. The van der Waals surface area contributed by atoms with Crippen molar-refractivity contribution in [3.8, 4) is 11.5 Å². The second-order valence-electron chi connectivity index (χ2n) is 7.70. The summed E-state index contributed by atoms with van der Waals surface area (Å²) >= 11 is 0. The molecule has 2 aromatic carbocycles. The first-order valence-corrected chi connectivity index (χ1v) is 10.3. The Morgan fingerprint density at radius 3 is 2.53 bits per heavy atom. The number of carbonyl (C=O) groups is 2. The number of phenols is 1.